The molecule has 0 saturated carbocycles. The van der Waals surface area contributed by atoms with Gasteiger partial charge in [-0.1, -0.05) is 13.3 Å². The molecule has 2 N–H and O–H groups in total. The molecule has 0 aliphatic carbocycles. The average molecular weight is 296 g/mol. The maximum absolute atomic E-state index is 10.9. The van der Waals surface area contributed by atoms with Crippen LogP contribution in [-0.2, 0) is 4.74 Å². The Hall–Kier alpha value is -2.15. The Kier molecular flexibility index (Phi) is 7.17. The first-order valence-corrected chi connectivity index (χ1v) is 6.89. The standard InChI is InChI=1S/C14H20N2O5/c1-2-3-8-21-9-4-7-15-11-5-6-12(14(17)18)13(10-11)16(19)20/h5-6,10,15H,2-4,7-9H2,1H3,(H,17,18). The van der Waals surface area contributed by atoms with Gasteiger partial charge >= 0.3 is 5.97 Å². The van der Waals surface area contributed by atoms with Crippen molar-refractivity contribution < 1.29 is 19.6 Å². The Morgan fingerprint density at radius 2 is 2.10 bits per heavy atom. The number of rotatable bonds is 10. The molecule has 0 atom stereocenters. The molecule has 0 fully saturated rings. The van der Waals surface area contributed by atoms with Crippen molar-refractivity contribution in [2.24, 2.45) is 0 Å². The van der Waals surface area contributed by atoms with Crippen LogP contribution in [0.5, 0.6) is 0 Å². The predicted molar refractivity (Wildman–Crippen MR) is 78.9 cm³/mol. The molecule has 0 aromatic heterocycles. The number of carbonyl (C=O) groups is 1. The van der Waals surface area contributed by atoms with Gasteiger partial charge in [-0.3, -0.25) is 10.1 Å². The fraction of sp³-hybridized carbons (Fsp3) is 0.500. The summed E-state index contributed by atoms with van der Waals surface area (Å²) in [4.78, 5) is 21.0. The summed E-state index contributed by atoms with van der Waals surface area (Å²) < 4.78 is 5.40. The summed E-state index contributed by atoms with van der Waals surface area (Å²) in [6.07, 6.45) is 2.91. The molecule has 0 amide bonds. The lowest BCUT2D eigenvalue weighted by Crippen LogP contribution is -2.08. The summed E-state index contributed by atoms with van der Waals surface area (Å²) in [7, 11) is 0. The fourth-order valence-electron chi connectivity index (χ4n) is 1.73. The smallest absolute Gasteiger partial charge is 0.342 e. The molecular weight excluding hydrogens is 276 g/mol. The second kappa shape index (κ2) is 8.91. The minimum atomic E-state index is -1.31. The molecule has 0 bridgehead atoms. The van der Waals surface area contributed by atoms with Gasteiger partial charge in [0, 0.05) is 31.5 Å². The predicted octanol–water partition coefficient (Wildman–Crippen LogP) is 2.91. The van der Waals surface area contributed by atoms with Gasteiger partial charge in [-0.25, -0.2) is 4.79 Å². The SMILES string of the molecule is CCCCOCCCNc1ccc(C(=O)O)c([N+](=O)[O-])c1. The molecule has 0 aliphatic rings. The van der Waals surface area contributed by atoms with Crippen molar-refractivity contribution in [3.05, 3.63) is 33.9 Å². The molecule has 1 aromatic rings. The molecule has 0 aliphatic heterocycles. The highest BCUT2D eigenvalue weighted by atomic mass is 16.6. The number of nitrogens with one attached hydrogen (secondary N) is 1. The number of unbranched alkanes of at least 4 members (excludes halogenated alkanes) is 1. The van der Waals surface area contributed by atoms with Crippen molar-refractivity contribution in [1.82, 2.24) is 0 Å². The van der Waals surface area contributed by atoms with Crippen LogP contribution in [0.4, 0.5) is 11.4 Å². The first kappa shape index (κ1) is 16.9. The summed E-state index contributed by atoms with van der Waals surface area (Å²) in [6.45, 7) is 4.08. The Bertz CT molecular complexity index is 490. The van der Waals surface area contributed by atoms with Crippen LogP contribution in [0.15, 0.2) is 18.2 Å². The fourth-order valence-corrected chi connectivity index (χ4v) is 1.73. The summed E-state index contributed by atoms with van der Waals surface area (Å²) in [5.74, 6) is -1.31. The van der Waals surface area contributed by atoms with Gasteiger partial charge in [-0.15, -0.1) is 0 Å². The van der Waals surface area contributed by atoms with Crippen molar-refractivity contribution in [3.63, 3.8) is 0 Å². The Balaban J connectivity index is 2.47. The van der Waals surface area contributed by atoms with Gasteiger partial charge in [0.2, 0.25) is 0 Å². The molecule has 0 spiro atoms. The van der Waals surface area contributed by atoms with Gasteiger partial charge in [0.1, 0.15) is 5.56 Å². The summed E-state index contributed by atoms with van der Waals surface area (Å²) in [6, 6.07) is 4.00. The third-order valence-electron chi connectivity index (χ3n) is 2.86. The first-order chi connectivity index (χ1) is 10.1. The second-order valence-electron chi connectivity index (χ2n) is 4.54. The maximum atomic E-state index is 10.9. The molecule has 0 heterocycles. The minimum Gasteiger partial charge on any atom is -0.477 e. The molecular formula is C14H20N2O5. The van der Waals surface area contributed by atoms with Crippen LogP contribution in [0.3, 0.4) is 0 Å². The van der Waals surface area contributed by atoms with Crippen molar-refractivity contribution in [2.45, 2.75) is 26.2 Å². The highest BCUT2D eigenvalue weighted by molar-refractivity contribution is 5.93. The number of carboxylic acid groups (broad SMARTS) is 1. The van der Waals surface area contributed by atoms with E-state index in [0.29, 0.717) is 18.8 Å². The molecule has 7 heteroatoms. The molecule has 116 valence electrons. The number of hydrogen-bond donors (Lipinski definition) is 2. The average Bonchev–Trinajstić information content (AvgIpc) is 2.46. The number of anilines is 1. The van der Waals surface area contributed by atoms with Gasteiger partial charge < -0.3 is 15.2 Å². The summed E-state index contributed by atoms with van der Waals surface area (Å²) in [5.41, 5.74) is -0.194. The lowest BCUT2D eigenvalue weighted by molar-refractivity contribution is -0.385. The molecule has 0 radical (unpaired) electrons. The number of ether oxygens (including phenoxy) is 1. The van der Waals surface area contributed by atoms with E-state index in [-0.39, 0.29) is 5.56 Å². The van der Waals surface area contributed by atoms with Crippen molar-refractivity contribution >= 4 is 17.3 Å². The number of nitro benzene ring substituents is 1. The zero-order chi connectivity index (χ0) is 15.7. The normalized spacial score (nSPS) is 10.3. The van der Waals surface area contributed by atoms with E-state index in [2.05, 4.69) is 12.2 Å². The number of aromatic carboxylic acids is 1. The topological polar surface area (TPSA) is 102 Å². The quantitative estimate of drug-likeness (QED) is 0.391. The number of carboxylic acids is 1. The van der Waals surface area contributed by atoms with Crippen LogP contribution in [0, 0.1) is 10.1 Å². The summed E-state index contributed by atoms with van der Waals surface area (Å²) >= 11 is 0. The van der Waals surface area contributed by atoms with Gasteiger partial charge in [-0.05, 0) is 25.0 Å². The zero-order valence-corrected chi connectivity index (χ0v) is 12.0. The van der Waals surface area contributed by atoms with Crippen LogP contribution in [0.25, 0.3) is 0 Å². The number of benzene rings is 1. The van der Waals surface area contributed by atoms with Crippen molar-refractivity contribution in [2.75, 3.05) is 25.1 Å². The van der Waals surface area contributed by atoms with Crippen LogP contribution in [0.2, 0.25) is 0 Å². The number of nitrogens with zero attached hydrogens (tertiary/aromatic N) is 1. The largest absolute Gasteiger partial charge is 0.477 e. The third-order valence-corrected chi connectivity index (χ3v) is 2.86. The Morgan fingerprint density at radius 1 is 1.38 bits per heavy atom. The Labute approximate surface area is 123 Å². The number of hydrogen-bond acceptors (Lipinski definition) is 5. The Morgan fingerprint density at radius 3 is 2.71 bits per heavy atom. The monoisotopic (exact) mass is 296 g/mol. The zero-order valence-electron chi connectivity index (χ0n) is 12.0. The minimum absolute atomic E-state index is 0.312. The lowest BCUT2D eigenvalue weighted by atomic mass is 10.1. The van der Waals surface area contributed by atoms with E-state index >= 15 is 0 Å². The molecule has 0 saturated heterocycles. The van der Waals surface area contributed by atoms with Gasteiger partial charge in [0.15, 0.2) is 0 Å². The second-order valence-corrected chi connectivity index (χ2v) is 4.54. The third kappa shape index (κ3) is 5.78. The van der Waals surface area contributed by atoms with Gasteiger partial charge in [0.05, 0.1) is 4.92 Å². The van der Waals surface area contributed by atoms with Crippen molar-refractivity contribution in [1.29, 1.82) is 0 Å². The van der Waals surface area contributed by atoms with E-state index in [4.69, 9.17) is 9.84 Å². The maximum Gasteiger partial charge on any atom is 0.342 e. The van der Waals surface area contributed by atoms with Crippen molar-refractivity contribution in [3.8, 4) is 0 Å². The lowest BCUT2D eigenvalue weighted by Gasteiger charge is -2.07. The summed E-state index contributed by atoms with van der Waals surface area (Å²) in [5, 5.41) is 22.8. The molecule has 7 nitrogen and oxygen atoms in total. The van der Waals surface area contributed by atoms with E-state index in [9.17, 15) is 14.9 Å². The van der Waals surface area contributed by atoms with Gasteiger partial charge in [0.25, 0.3) is 5.69 Å². The van der Waals surface area contributed by atoms with Crippen LogP contribution < -0.4 is 5.32 Å². The number of nitro groups is 1. The van der Waals surface area contributed by atoms with E-state index in [0.717, 1.165) is 25.9 Å². The van der Waals surface area contributed by atoms with Gasteiger partial charge in [-0.2, -0.15) is 0 Å². The van der Waals surface area contributed by atoms with Crippen LogP contribution in [-0.4, -0.2) is 35.8 Å². The van der Waals surface area contributed by atoms with E-state index in [1.165, 1.54) is 18.2 Å². The first-order valence-electron chi connectivity index (χ1n) is 6.89. The molecule has 21 heavy (non-hydrogen) atoms. The highest BCUT2D eigenvalue weighted by Crippen LogP contribution is 2.23. The van der Waals surface area contributed by atoms with E-state index < -0.39 is 16.6 Å². The van der Waals surface area contributed by atoms with Crippen LogP contribution >= 0.6 is 0 Å². The molecule has 1 rings (SSSR count). The van der Waals surface area contributed by atoms with E-state index in [1.807, 2.05) is 0 Å². The molecule has 0 unspecified atom stereocenters. The molecule has 1 aromatic carbocycles. The van der Waals surface area contributed by atoms with E-state index in [1.54, 1.807) is 0 Å². The highest BCUT2D eigenvalue weighted by Gasteiger charge is 2.19. The van der Waals surface area contributed by atoms with Crippen LogP contribution in [0.1, 0.15) is 36.5 Å².